The Balaban J connectivity index is 0.00000162. The molecule has 0 aliphatic heterocycles. The van der Waals surface area contributed by atoms with E-state index in [9.17, 15) is 18.0 Å². The van der Waals surface area contributed by atoms with E-state index in [0.29, 0.717) is 5.92 Å². The topological polar surface area (TPSA) is 55.1 Å². The summed E-state index contributed by atoms with van der Waals surface area (Å²) in [6.45, 7) is -0.344. The summed E-state index contributed by atoms with van der Waals surface area (Å²) < 4.78 is 35.8. The molecule has 1 amide bonds. The first kappa shape index (κ1) is 15.6. The fourth-order valence-corrected chi connectivity index (χ4v) is 3.17. The summed E-state index contributed by atoms with van der Waals surface area (Å²) in [6.07, 6.45) is -2.20. The highest BCUT2D eigenvalue weighted by molar-refractivity contribution is 5.85. The number of carbonyl (C=O) groups is 1. The molecule has 0 aromatic rings. The van der Waals surface area contributed by atoms with E-state index in [4.69, 9.17) is 5.73 Å². The van der Waals surface area contributed by atoms with Crippen LogP contribution in [0.2, 0.25) is 0 Å². The predicted octanol–water partition coefficient (Wildman–Crippen LogP) is 1.85. The van der Waals surface area contributed by atoms with Crippen LogP contribution in [0.1, 0.15) is 25.7 Å². The molecule has 0 spiro atoms. The average Bonchev–Trinajstić information content (AvgIpc) is 2.75. The Labute approximate surface area is 110 Å². The van der Waals surface area contributed by atoms with Crippen LogP contribution < -0.4 is 11.1 Å². The van der Waals surface area contributed by atoms with Crippen LogP contribution in [0.5, 0.6) is 0 Å². The molecule has 4 atom stereocenters. The standard InChI is InChI=1S/C11H17F3N2O.ClH/c12-11(13,14)3-4-16-10(17)8-6-1-2-7(5-6)9(8)15;/h6-9H,1-5,15H2,(H,16,17);1H. The number of hydrogen-bond donors (Lipinski definition) is 2. The molecule has 7 heteroatoms. The Bertz CT molecular complexity index is 309. The molecule has 0 heterocycles. The molecule has 2 aliphatic carbocycles. The Morgan fingerprint density at radius 2 is 1.89 bits per heavy atom. The van der Waals surface area contributed by atoms with Crippen LogP contribution in [0.3, 0.4) is 0 Å². The van der Waals surface area contributed by atoms with Gasteiger partial charge in [0.1, 0.15) is 0 Å². The molecule has 18 heavy (non-hydrogen) atoms. The summed E-state index contributed by atoms with van der Waals surface area (Å²) >= 11 is 0. The van der Waals surface area contributed by atoms with Gasteiger partial charge in [-0.2, -0.15) is 13.2 Å². The number of halogens is 4. The molecule has 4 unspecified atom stereocenters. The molecule has 0 aromatic heterocycles. The van der Waals surface area contributed by atoms with Crippen molar-refractivity contribution in [1.29, 1.82) is 0 Å². The minimum Gasteiger partial charge on any atom is -0.355 e. The lowest BCUT2D eigenvalue weighted by Crippen LogP contribution is -2.45. The third kappa shape index (κ3) is 3.29. The maximum atomic E-state index is 11.9. The quantitative estimate of drug-likeness (QED) is 0.832. The van der Waals surface area contributed by atoms with Crippen molar-refractivity contribution in [1.82, 2.24) is 5.32 Å². The number of nitrogens with two attached hydrogens (primary N) is 1. The second-order valence-corrected chi connectivity index (χ2v) is 5.09. The van der Waals surface area contributed by atoms with Crippen LogP contribution in [-0.4, -0.2) is 24.7 Å². The number of rotatable bonds is 3. The Hall–Kier alpha value is -0.490. The number of carbonyl (C=O) groups excluding carboxylic acids is 1. The number of amides is 1. The van der Waals surface area contributed by atoms with Gasteiger partial charge in [0.2, 0.25) is 5.91 Å². The first-order valence-corrected chi connectivity index (χ1v) is 5.98. The molecule has 2 fully saturated rings. The van der Waals surface area contributed by atoms with Crippen molar-refractivity contribution in [2.24, 2.45) is 23.5 Å². The smallest absolute Gasteiger partial charge is 0.355 e. The van der Waals surface area contributed by atoms with E-state index < -0.39 is 12.6 Å². The van der Waals surface area contributed by atoms with Crippen LogP contribution in [0.4, 0.5) is 13.2 Å². The monoisotopic (exact) mass is 286 g/mol. The van der Waals surface area contributed by atoms with Crippen LogP contribution in [0.15, 0.2) is 0 Å². The van der Waals surface area contributed by atoms with Crippen molar-refractivity contribution in [3.05, 3.63) is 0 Å². The maximum absolute atomic E-state index is 11.9. The van der Waals surface area contributed by atoms with Gasteiger partial charge in [0.15, 0.2) is 0 Å². The highest BCUT2D eigenvalue weighted by atomic mass is 35.5. The van der Waals surface area contributed by atoms with Gasteiger partial charge in [-0.15, -0.1) is 12.4 Å². The number of hydrogen-bond acceptors (Lipinski definition) is 2. The lowest BCUT2D eigenvalue weighted by atomic mass is 9.84. The van der Waals surface area contributed by atoms with Gasteiger partial charge in [-0.1, -0.05) is 0 Å². The molecule has 2 bridgehead atoms. The summed E-state index contributed by atoms with van der Waals surface area (Å²) in [4.78, 5) is 11.8. The van der Waals surface area contributed by atoms with Gasteiger partial charge < -0.3 is 11.1 Å². The van der Waals surface area contributed by atoms with E-state index in [0.717, 1.165) is 19.3 Å². The second-order valence-electron chi connectivity index (χ2n) is 5.09. The van der Waals surface area contributed by atoms with Gasteiger partial charge in [0.05, 0.1) is 12.3 Å². The molecule has 2 saturated carbocycles. The Morgan fingerprint density at radius 1 is 1.28 bits per heavy atom. The van der Waals surface area contributed by atoms with Gasteiger partial charge in [0.25, 0.3) is 0 Å². The summed E-state index contributed by atoms with van der Waals surface area (Å²) in [5, 5.41) is 2.36. The Kier molecular flexibility index (Phi) is 4.89. The molecule has 0 radical (unpaired) electrons. The normalized spacial score (nSPS) is 34.2. The lowest BCUT2D eigenvalue weighted by Gasteiger charge is -2.27. The van der Waals surface area contributed by atoms with Crippen molar-refractivity contribution in [3.8, 4) is 0 Å². The zero-order chi connectivity index (χ0) is 12.6. The largest absolute Gasteiger partial charge is 0.390 e. The van der Waals surface area contributed by atoms with Crippen LogP contribution in [-0.2, 0) is 4.79 Å². The SMILES string of the molecule is Cl.NC1C2CCC(C2)C1C(=O)NCCC(F)(F)F. The van der Waals surface area contributed by atoms with Crippen molar-refractivity contribution in [3.63, 3.8) is 0 Å². The van der Waals surface area contributed by atoms with Crippen molar-refractivity contribution >= 4 is 18.3 Å². The molecular formula is C11H18ClF3N2O. The number of nitrogens with one attached hydrogen (secondary N) is 1. The molecule has 3 nitrogen and oxygen atoms in total. The lowest BCUT2D eigenvalue weighted by molar-refractivity contribution is -0.137. The predicted molar refractivity (Wildman–Crippen MR) is 63.2 cm³/mol. The van der Waals surface area contributed by atoms with Crippen LogP contribution >= 0.6 is 12.4 Å². The number of alkyl halides is 3. The van der Waals surface area contributed by atoms with E-state index in [1.54, 1.807) is 0 Å². The summed E-state index contributed by atoms with van der Waals surface area (Å²) in [5.74, 6) is 0.0928. The van der Waals surface area contributed by atoms with Crippen LogP contribution in [0.25, 0.3) is 0 Å². The third-order valence-electron chi connectivity index (χ3n) is 3.99. The second kappa shape index (κ2) is 5.65. The first-order chi connectivity index (χ1) is 7.88. The van der Waals surface area contributed by atoms with E-state index in [-0.39, 0.29) is 42.7 Å². The van der Waals surface area contributed by atoms with E-state index in [2.05, 4.69) is 5.32 Å². The van der Waals surface area contributed by atoms with Gasteiger partial charge >= 0.3 is 6.18 Å². The first-order valence-electron chi connectivity index (χ1n) is 5.98. The summed E-state index contributed by atoms with van der Waals surface area (Å²) in [7, 11) is 0. The molecule has 0 saturated heterocycles. The van der Waals surface area contributed by atoms with Gasteiger partial charge in [0, 0.05) is 12.6 Å². The molecule has 2 aliphatic rings. The van der Waals surface area contributed by atoms with Gasteiger partial charge in [-0.25, -0.2) is 0 Å². The maximum Gasteiger partial charge on any atom is 0.390 e. The summed E-state index contributed by atoms with van der Waals surface area (Å²) in [6, 6.07) is -0.167. The average molecular weight is 287 g/mol. The summed E-state index contributed by atoms with van der Waals surface area (Å²) in [5.41, 5.74) is 5.94. The number of fused-ring (bicyclic) bond motifs is 2. The minimum atomic E-state index is -4.22. The molecule has 106 valence electrons. The van der Waals surface area contributed by atoms with Crippen molar-refractivity contribution < 1.29 is 18.0 Å². The van der Waals surface area contributed by atoms with E-state index >= 15 is 0 Å². The zero-order valence-corrected chi connectivity index (χ0v) is 10.7. The highest BCUT2D eigenvalue weighted by Crippen LogP contribution is 2.47. The minimum absolute atomic E-state index is 0. The van der Waals surface area contributed by atoms with E-state index in [1.165, 1.54) is 0 Å². The molecule has 2 rings (SSSR count). The molecule has 3 N–H and O–H groups in total. The highest BCUT2D eigenvalue weighted by Gasteiger charge is 2.49. The fourth-order valence-electron chi connectivity index (χ4n) is 3.17. The van der Waals surface area contributed by atoms with Crippen LogP contribution in [0, 0.1) is 17.8 Å². The molecular weight excluding hydrogens is 269 g/mol. The third-order valence-corrected chi connectivity index (χ3v) is 3.99. The van der Waals surface area contributed by atoms with E-state index in [1.807, 2.05) is 0 Å². The van der Waals surface area contributed by atoms with Gasteiger partial charge in [-0.05, 0) is 31.1 Å². The zero-order valence-electron chi connectivity index (χ0n) is 9.87. The fraction of sp³-hybridized carbons (Fsp3) is 0.909. The molecule has 0 aromatic carbocycles. The Morgan fingerprint density at radius 3 is 2.39 bits per heavy atom. The van der Waals surface area contributed by atoms with Crippen molar-refractivity contribution in [2.45, 2.75) is 37.9 Å². The van der Waals surface area contributed by atoms with Crippen molar-refractivity contribution in [2.75, 3.05) is 6.54 Å². The van der Waals surface area contributed by atoms with Gasteiger partial charge in [-0.3, -0.25) is 4.79 Å².